The number of hydrogen-bond donors (Lipinski definition) is 1. The third-order valence-corrected chi connectivity index (χ3v) is 4.81. The molecule has 1 aromatic carbocycles. The Bertz CT molecular complexity index is 1030. The van der Waals surface area contributed by atoms with Gasteiger partial charge in [0.1, 0.15) is 5.69 Å². The summed E-state index contributed by atoms with van der Waals surface area (Å²) in [5.41, 5.74) is -0.0835. The number of alkyl halides is 3. The first kappa shape index (κ1) is 20.5. The monoisotopic (exact) mass is 447 g/mol. The predicted octanol–water partition coefficient (Wildman–Crippen LogP) is 5.78. The van der Waals surface area contributed by atoms with E-state index in [0.717, 1.165) is 11.6 Å². The van der Waals surface area contributed by atoms with Crippen LogP contribution >= 0.6 is 34.8 Å². The number of amides is 1. The van der Waals surface area contributed by atoms with Crippen molar-refractivity contribution in [2.45, 2.75) is 12.7 Å². The normalized spacial score (nSPS) is 11.5. The Kier molecular flexibility index (Phi) is 5.88. The Morgan fingerprint density at radius 3 is 2.46 bits per heavy atom. The second kappa shape index (κ2) is 8.03. The van der Waals surface area contributed by atoms with E-state index in [4.69, 9.17) is 34.8 Å². The summed E-state index contributed by atoms with van der Waals surface area (Å²) < 4.78 is 39.6. The zero-order valence-electron chi connectivity index (χ0n) is 13.9. The Labute approximate surface area is 172 Å². The molecule has 0 saturated carbocycles. The van der Waals surface area contributed by atoms with Crippen molar-refractivity contribution in [2.75, 3.05) is 0 Å². The average Bonchev–Trinajstić information content (AvgIpc) is 3.11. The quantitative estimate of drug-likeness (QED) is 0.550. The number of hydrogen-bond acceptors (Lipinski definition) is 2. The van der Waals surface area contributed by atoms with Gasteiger partial charge in [-0.15, -0.1) is 0 Å². The van der Waals surface area contributed by atoms with Gasteiger partial charge in [0.05, 0.1) is 20.6 Å². The van der Waals surface area contributed by atoms with Crippen LogP contribution in [0.2, 0.25) is 15.1 Å². The van der Waals surface area contributed by atoms with Crippen LogP contribution in [0.1, 0.15) is 21.6 Å². The van der Waals surface area contributed by atoms with Crippen molar-refractivity contribution in [1.82, 2.24) is 14.9 Å². The summed E-state index contributed by atoms with van der Waals surface area (Å²) in [6.07, 6.45) is -2.42. The molecule has 0 aliphatic rings. The van der Waals surface area contributed by atoms with Gasteiger partial charge in [-0.25, -0.2) is 4.98 Å². The number of pyridine rings is 1. The third-order valence-electron chi connectivity index (χ3n) is 3.80. The second-order valence-electron chi connectivity index (χ2n) is 5.72. The van der Waals surface area contributed by atoms with Gasteiger partial charge < -0.3 is 5.32 Å². The minimum absolute atomic E-state index is 0.0133. The lowest BCUT2D eigenvalue weighted by Crippen LogP contribution is -2.25. The molecule has 4 nitrogen and oxygen atoms in total. The molecular weight excluding hydrogens is 438 g/mol. The van der Waals surface area contributed by atoms with Crippen LogP contribution in [0.5, 0.6) is 0 Å². The van der Waals surface area contributed by atoms with Gasteiger partial charge in [-0.3, -0.25) is 9.36 Å². The zero-order chi connectivity index (χ0) is 20.5. The number of benzene rings is 1. The van der Waals surface area contributed by atoms with Gasteiger partial charge in [0.2, 0.25) is 0 Å². The second-order valence-corrected chi connectivity index (χ2v) is 6.94. The molecule has 0 aliphatic carbocycles. The highest BCUT2D eigenvalue weighted by atomic mass is 35.5. The van der Waals surface area contributed by atoms with E-state index < -0.39 is 17.6 Å². The van der Waals surface area contributed by atoms with E-state index in [0.29, 0.717) is 16.2 Å². The smallest absolute Gasteiger partial charge is 0.347 e. The Balaban J connectivity index is 1.81. The maximum Gasteiger partial charge on any atom is 0.417 e. The summed E-state index contributed by atoms with van der Waals surface area (Å²) in [4.78, 5) is 16.3. The average molecular weight is 449 g/mol. The fourth-order valence-electron chi connectivity index (χ4n) is 2.44. The van der Waals surface area contributed by atoms with Crippen molar-refractivity contribution in [3.8, 4) is 5.82 Å². The van der Waals surface area contributed by atoms with Crippen molar-refractivity contribution in [3.63, 3.8) is 0 Å². The molecule has 10 heteroatoms. The molecule has 0 fully saturated rings. The number of nitrogens with one attached hydrogen (secondary N) is 1. The lowest BCUT2D eigenvalue weighted by Gasteiger charge is -2.13. The highest BCUT2D eigenvalue weighted by Gasteiger charge is 2.32. The van der Waals surface area contributed by atoms with Crippen LogP contribution in [-0.4, -0.2) is 15.5 Å². The van der Waals surface area contributed by atoms with Crippen molar-refractivity contribution in [3.05, 3.63) is 80.7 Å². The molecule has 0 spiro atoms. The van der Waals surface area contributed by atoms with Crippen molar-refractivity contribution in [2.24, 2.45) is 0 Å². The summed E-state index contributed by atoms with van der Waals surface area (Å²) in [5.74, 6) is -0.451. The zero-order valence-corrected chi connectivity index (χ0v) is 16.2. The van der Waals surface area contributed by atoms with Crippen LogP contribution in [0.4, 0.5) is 13.2 Å². The van der Waals surface area contributed by atoms with E-state index in [2.05, 4.69) is 10.3 Å². The summed E-state index contributed by atoms with van der Waals surface area (Å²) in [6, 6.07) is 8.77. The lowest BCUT2D eigenvalue weighted by atomic mass is 10.2. The number of carbonyl (C=O) groups excluding carboxylic acids is 1. The molecule has 1 N–H and O–H groups in total. The fourth-order valence-corrected chi connectivity index (χ4v) is 3.01. The first-order valence-corrected chi connectivity index (χ1v) is 8.93. The van der Waals surface area contributed by atoms with Gasteiger partial charge in [0, 0.05) is 18.9 Å². The van der Waals surface area contributed by atoms with E-state index in [9.17, 15) is 18.0 Å². The molecule has 0 aliphatic heterocycles. The van der Waals surface area contributed by atoms with Gasteiger partial charge in [0.25, 0.3) is 5.91 Å². The Morgan fingerprint density at radius 2 is 1.82 bits per heavy atom. The van der Waals surface area contributed by atoms with E-state index in [1.54, 1.807) is 24.3 Å². The van der Waals surface area contributed by atoms with Crippen LogP contribution in [0, 0.1) is 0 Å². The van der Waals surface area contributed by atoms with Crippen LogP contribution in [0.3, 0.4) is 0 Å². The Hall–Kier alpha value is -2.22. The highest BCUT2D eigenvalue weighted by molar-refractivity contribution is 6.42. The summed E-state index contributed by atoms with van der Waals surface area (Å²) in [7, 11) is 0. The first-order valence-electron chi connectivity index (χ1n) is 7.79. The van der Waals surface area contributed by atoms with E-state index in [-0.39, 0.29) is 23.1 Å². The minimum Gasteiger partial charge on any atom is -0.347 e. The molecule has 2 heterocycles. The topological polar surface area (TPSA) is 46.9 Å². The first-order chi connectivity index (χ1) is 13.2. The van der Waals surface area contributed by atoms with E-state index >= 15 is 0 Å². The van der Waals surface area contributed by atoms with Gasteiger partial charge in [-0.1, -0.05) is 40.9 Å². The van der Waals surface area contributed by atoms with Crippen molar-refractivity contribution < 1.29 is 18.0 Å². The van der Waals surface area contributed by atoms with Gasteiger partial charge >= 0.3 is 6.18 Å². The van der Waals surface area contributed by atoms with Crippen LogP contribution in [0.25, 0.3) is 5.82 Å². The molecule has 146 valence electrons. The molecule has 0 unspecified atom stereocenters. The number of rotatable bonds is 4. The summed E-state index contributed by atoms with van der Waals surface area (Å²) in [6.45, 7) is 0.176. The fraction of sp³-hybridized carbons (Fsp3) is 0.111. The maximum atomic E-state index is 12.8. The molecule has 0 bridgehead atoms. The van der Waals surface area contributed by atoms with Crippen LogP contribution in [0.15, 0.2) is 48.8 Å². The van der Waals surface area contributed by atoms with Gasteiger partial charge in [-0.05, 0) is 35.9 Å². The lowest BCUT2D eigenvalue weighted by molar-refractivity contribution is -0.137. The van der Waals surface area contributed by atoms with Gasteiger partial charge in [-0.2, -0.15) is 13.2 Å². The molecule has 2 aromatic heterocycles. The number of aromatic nitrogens is 2. The highest BCUT2D eigenvalue weighted by Crippen LogP contribution is 2.32. The van der Waals surface area contributed by atoms with Crippen molar-refractivity contribution in [1.29, 1.82) is 0 Å². The molecule has 0 saturated heterocycles. The van der Waals surface area contributed by atoms with E-state index in [1.807, 2.05) is 0 Å². The summed E-state index contributed by atoms with van der Waals surface area (Å²) in [5, 5.41) is 3.22. The number of nitrogens with zero attached hydrogens (tertiary/aromatic N) is 2. The molecule has 1 amide bonds. The number of carbonyl (C=O) groups is 1. The maximum absolute atomic E-state index is 12.8. The Morgan fingerprint density at radius 1 is 1.07 bits per heavy atom. The van der Waals surface area contributed by atoms with Crippen LogP contribution < -0.4 is 5.32 Å². The molecule has 0 radical (unpaired) electrons. The molecular formula is C18H11Cl3F3N3O. The largest absolute Gasteiger partial charge is 0.417 e. The predicted molar refractivity (Wildman–Crippen MR) is 101 cm³/mol. The standard InChI is InChI=1S/C18H11Cl3F3N3O/c19-12-4-3-10(6-13(12)20)8-26-17(28)15-2-1-5-27(15)16-14(21)7-11(9-25-16)18(22,23)24/h1-7,9H,8H2,(H,26,28). The van der Waals surface area contributed by atoms with Crippen LogP contribution in [-0.2, 0) is 12.7 Å². The van der Waals surface area contributed by atoms with E-state index in [1.165, 1.54) is 16.8 Å². The van der Waals surface area contributed by atoms with Gasteiger partial charge in [0.15, 0.2) is 5.82 Å². The number of halogens is 6. The molecule has 0 atom stereocenters. The minimum atomic E-state index is -4.56. The molecule has 3 rings (SSSR count). The SMILES string of the molecule is O=C(NCc1ccc(Cl)c(Cl)c1)c1cccn1-c1ncc(C(F)(F)F)cc1Cl. The summed E-state index contributed by atoms with van der Waals surface area (Å²) >= 11 is 17.8. The molecule has 28 heavy (non-hydrogen) atoms. The van der Waals surface area contributed by atoms with Crippen molar-refractivity contribution >= 4 is 40.7 Å². The third kappa shape index (κ3) is 4.43. The molecule has 3 aromatic rings.